The van der Waals surface area contributed by atoms with Gasteiger partial charge < -0.3 is 0 Å². The Morgan fingerprint density at radius 2 is 2.07 bits per heavy atom. The number of hydrogen-bond donors (Lipinski definition) is 0. The highest BCUT2D eigenvalue weighted by molar-refractivity contribution is 6.03. The number of nitrogens with zero attached hydrogens (tertiary/aromatic N) is 4. The molecule has 0 aliphatic heterocycles. The molecule has 2 heterocycles. The van der Waals surface area contributed by atoms with Gasteiger partial charge in [-0.1, -0.05) is 0 Å². The lowest BCUT2D eigenvalue weighted by atomic mass is 10.2. The van der Waals surface area contributed by atoms with Crippen LogP contribution in [0.1, 0.15) is 0 Å². The van der Waals surface area contributed by atoms with E-state index in [9.17, 15) is 0 Å². The summed E-state index contributed by atoms with van der Waals surface area (Å²) < 4.78 is 3.70. The molecular formula is C10H10N4. The summed E-state index contributed by atoms with van der Waals surface area (Å²) in [6.45, 7) is 0. The van der Waals surface area contributed by atoms with E-state index in [0.717, 1.165) is 21.8 Å². The molecule has 0 fully saturated rings. The third-order valence-electron chi connectivity index (χ3n) is 2.52. The summed E-state index contributed by atoms with van der Waals surface area (Å²) in [7, 11) is 3.87. The molecule has 0 unspecified atom stereocenters. The minimum absolute atomic E-state index is 1.03. The summed E-state index contributed by atoms with van der Waals surface area (Å²) in [6, 6.07) is 4.15. The molecule has 3 rings (SSSR count). The van der Waals surface area contributed by atoms with Crippen molar-refractivity contribution in [2.75, 3.05) is 0 Å². The topological polar surface area (TPSA) is 35.6 Å². The number of aryl methyl sites for hydroxylation is 2. The third kappa shape index (κ3) is 0.824. The maximum absolute atomic E-state index is 4.42. The molecule has 4 heteroatoms. The Morgan fingerprint density at radius 1 is 1.21 bits per heavy atom. The predicted molar refractivity (Wildman–Crippen MR) is 55.0 cm³/mol. The first kappa shape index (κ1) is 7.55. The van der Waals surface area contributed by atoms with E-state index in [1.807, 2.05) is 35.9 Å². The maximum Gasteiger partial charge on any atom is 0.103 e. The molecule has 0 bridgehead atoms. The minimum atomic E-state index is 1.03. The van der Waals surface area contributed by atoms with Gasteiger partial charge >= 0.3 is 0 Å². The van der Waals surface area contributed by atoms with Crippen molar-refractivity contribution in [2.45, 2.75) is 0 Å². The fourth-order valence-corrected chi connectivity index (χ4v) is 1.83. The molecule has 70 valence electrons. The predicted octanol–water partition coefficient (Wildman–Crippen LogP) is 1.46. The molecule has 0 saturated heterocycles. The second-order valence-corrected chi connectivity index (χ2v) is 3.51. The first-order chi connectivity index (χ1) is 6.75. The van der Waals surface area contributed by atoms with Crippen LogP contribution in [-0.2, 0) is 14.1 Å². The van der Waals surface area contributed by atoms with Crippen molar-refractivity contribution in [1.29, 1.82) is 0 Å². The van der Waals surface area contributed by atoms with Gasteiger partial charge in [0.05, 0.1) is 11.7 Å². The summed E-state index contributed by atoms with van der Waals surface area (Å²) in [5.41, 5.74) is 2.15. The van der Waals surface area contributed by atoms with Gasteiger partial charge in [-0.05, 0) is 12.1 Å². The Balaban J connectivity index is 2.60. The van der Waals surface area contributed by atoms with Gasteiger partial charge in [-0.3, -0.25) is 9.36 Å². The summed E-state index contributed by atoms with van der Waals surface area (Å²) in [4.78, 5) is 0. The Bertz CT molecular complexity index is 617. The molecule has 1 aromatic carbocycles. The van der Waals surface area contributed by atoms with Crippen molar-refractivity contribution in [3.63, 3.8) is 0 Å². The fraction of sp³-hybridized carbons (Fsp3) is 0.200. The van der Waals surface area contributed by atoms with Crippen molar-refractivity contribution in [3.8, 4) is 0 Å². The zero-order valence-corrected chi connectivity index (χ0v) is 8.10. The van der Waals surface area contributed by atoms with E-state index in [2.05, 4.69) is 22.3 Å². The first-order valence-electron chi connectivity index (χ1n) is 4.50. The summed E-state index contributed by atoms with van der Waals surface area (Å²) in [5, 5.41) is 10.9. The van der Waals surface area contributed by atoms with Crippen LogP contribution < -0.4 is 0 Å². The van der Waals surface area contributed by atoms with Crippen LogP contribution in [0.25, 0.3) is 21.8 Å². The van der Waals surface area contributed by atoms with Gasteiger partial charge in [0.2, 0.25) is 0 Å². The van der Waals surface area contributed by atoms with Crippen LogP contribution in [0, 0.1) is 0 Å². The van der Waals surface area contributed by atoms with Gasteiger partial charge in [-0.2, -0.15) is 10.2 Å². The van der Waals surface area contributed by atoms with Crippen LogP contribution in [0.3, 0.4) is 0 Å². The van der Waals surface area contributed by atoms with Crippen LogP contribution in [0.5, 0.6) is 0 Å². The quantitative estimate of drug-likeness (QED) is 0.533. The van der Waals surface area contributed by atoms with Gasteiger partial charge in [-0.25, -0.2) is 0 Å². The monoisotopic (exact) mass is 186 g/mol. The highest BCUT2D eigenvalue weighted by Crippen LogP contribution is 2.22. The van der Waals surface area contributed by atoms with Gasteiger partial charge in [0.25, 0.3) is 0 Å². The molecule has 0 atom stereocenters. The summed E-state index contributed by atoms with van der Waals surface area (Å²) in [5.74, 6) is 0. The SMILES string of the molecule is Cn1cc2ccc3c(cnn3C)c2n1. The molecule has 0 N–H and O–H groups in total. The van der Waals surface area contributed by atoms with E-state index in [1.54, 1.807) is 0 Å². The molecule has 0 saturated carbocycles. The van der Waals surface area contributed by atoms with Gasteiger partial charge in [0.15, 0.2) is 0 Å². The molecule has 0 aliphatic rings. The zero-order chi connectivity index (χ0) is 9.71. The van der Waals surface area contributed by atoms with Crippen molar-refractivity contribution >= 4 is 21.8 Å². The molecular weight excluding hydrogens is 176 g/mol. The standard InChI is InChI=1S/C10H10N4/c1-13-6-7-3-4-9-8(10(7)12-13)5-11-14(9)2/h3-6H,1-2H3. The lowest BCUT2D eigenvalue weighted by Gasteiger charge is -1.93. The highest BCUT2D eigenvalue weighted by atomic mass is 15.3. The Morgan fingerprint density at radius 3 is 2.93 bits per heavy atom. The van der Waals surface area contributed by atoms with Crippen molar-refractivity contribution < 1.29 is 0 Å². The first-order valence-corrected chi connectivity index (χ1v) is 4.50. The summed E-state index contributed by atoms with van der Waals surface area (Å²) >= 11 is 0. The van der Waals surface area contributed by atoms with Gasteiger partial charge in [0.1, 0.15) is 5.52 Å². The number of benzene rings is 1. The molecule has 0 radical (unpaired) electrons. The van der Waals surface area contributed by atoms with Crippen LogP contribution in [0.2, 0.25) is 0 Å². The molecule has 0 amide bonds. The molecule has 0 spiro atoms. The van der Waals surface area contributed by atoms with Gasteiger partial charge in [-0.15, -0.1) is 0 Å². The van der Waals surface area contributed by atoms with Crippen LogP contribution in [-0.4, -0.2) is 19.6 Å². The lowest BCUT2D eigenvalue weighted by Crippen LogP contribution is -1.88. The minimum Gasteiger partial charge on any atom is -0.275 e. The van der Waals surface area contributed by atoms with Crippen LogP contribution >= 0.6 is 0 Å². The van der Waals surface area contributed by atoms with E-state index in [-0.39, 0.29) is 0 Å². The zero-order valence-electron chi connectivity index (χ0n) is 8.10. The van der Waals surface area contributed by atoms with E-state index in [1.165, 1.54) is 0 Å². The Labute approximate surface area is 80.7 Å². The average Bonchev–Trinajstić information content (AvgIpc) is 2.68. The number of fused-ring (bicyclic) bond motifs is 3. The van der Waals surface area contributed by atoms with Crippen molar-refractivity contribution in [3.05, 3.63) is 24.5 Å². The lowest BCUT2D eigenvalue weighted by molar-refractivity contribution is 0.780. The molecule has 3 aromatic rings. The maximum atomic E-state index is 4.42. The Kier molecular flexibility index (Phi) is 1.27. The smallest absolute Gasteiger partial charge is 0.103 e. The molecule has 4 nitrogen and oxygen atoms in total. The summed E-state index contributed by atoms with van der Waals surface area (Å²) in [6.07, 6.45) is 3.88. The average molecular weight is 186 g/mol. The highest BCUT2D eigenvalue weighted by Gasteiger charge is 2.06. The van der Waals surface area contributed by atoms with E-state index in [0.29, 0.717) is 0 Å². The van der Waals surface area contributed by atoms with Crippen molar-refractivity contribution in [1.82, 2.24) is 19.6 Å². The normalized spacial score (nSPS) is 11.6. The molecule has 0 aliphatic carbocycles. The van der Waals surface area contributed by atoms with E-state index >= 15 is 0 Å². The van der Waals surface area contributed by atoms with Crippen LogP contribution in [0.15, 0.2) is 24.5 Å². The number of rotatable bonds is 0. The van der Waals surface area contributed by atoms with Crippen LogP contribution in [0.4, 0.5) is 0 Å². The molecule has 2 aromatic heterocycles. The van der Waals surface area contributed by atoms with Gasteiger partial charge in [0, 0.05) is 31.1 Å². The number of hydrogen-bond acceptors (Lipinski definition) is 2. The van der Waals surface area contributed by atoms with Crippen molar-refractivity contribution in [2.24, 2.45) is 14.1 Å². The fourth-order valence-electron chi connectivity index (χ4n) is 1.83. The van der Waals surface area contributed by atoms with E-state index < -0.39 is 0 Å². The third-order valence-corrected chi connectivity index (χ3v) is 2.52. The Hall–Kier alpha value is -1.84. The largest absolute Gasteiger partial charge is 0.275 e. The second-order valence-electron chi connectivity index (χ2n) is 3.51. The van der Waals surface area contributed by atoms with E-state index in [4.69, 9.17) is 0 Å². The molecule has 14 heavy (non-hydrogen) atoms. The second kappa shape index (κ2) is 2.35. The number of aromatic nitrogens is 4.